The van der Waals surface area contributed by atoms with Crippen molar-refractivity contribution in [2.75, 3.05) is 10.8 Å². The quantitative estimate of drug-likeness (QED) is 0.305. The first kappa shape index (κ1) is 22.9. The molecule has 11 heteroatoms. The molecule has 0 saturated heterocycles. The maximum absolute atomic E-state index is 13.3. The first-order chi connectivity index (χ1) is 15.3. The van der Waals surface area contributed by atoms with E-state index < -0.39 is 38.0 Å². The van der Waals surface area contributed by atoms with Crippen molar-refractivity contribution >= 4 is 45.1 Å². The Morgan fingerprint density at radius 1 is 1.03 bits per heavy atom. The van der Waals surface area contributed by atoms with Gasteiger partial charge in [-0.2, -0.15) is 5.10 Å². The summed E-state index contributed by atoms with van der Waals surface area (Å²) in [5.74, 6) is -0.735. The fraction of sp³-hybridized carbons (Fsp3) is 0.0476. The zero-order valence-electron chi connectivity index (χ0n) is 16.5. The van der Waals surface area contributed by atoms with Crippen LogP contribution in [0.1, 0.15) is 5.56 Å². The average molecular weight is 473 g/mol. The molecule has 0 bridgehead atoms. The number of nitro benzene ring substituents is 1. The molecule has 0 aliphatic heterocycles. The zero-order valence-corrected chi connectivity index (χ0v) is 18.0. The van der Waals surface area contributed by atoms with Crippen molar-refractivity contribution in [1.29, 1.82) is 0 Å². The molecule has 3 aromatic carbocycles. The Labute approximate surface area is 189 Å². The number of rotatable bonds is 8. The molecular weight excluding hydrogens is 456 g/mol. The monoisotopic (exact) mass is 472 g/mol. The molecule has 0 spiro atoms. The van der Waals surface area contributed by atoms with Gasteiger partial charge in [-0.25, -0.2) is 13.8 Å². The normalized spacial score (nSPS) is 11.3. The molecule has 0 aromatic heterocycles. The van der Waals surface area contributed by atoms with Crippen LogP contribution < -0.4 is 9.73 Å². The largest absolute Gasteiger partial charge is 0.289 e. The number of para-hydroxylation sites is 2. The van der Waals surface area contributed by atoms with E-state index >= 15 is 0 Å². The molecular formula is C21H17ClN4O5S. The fourth-order valence-corrected chi connectivity index (χ4v) is 4.45. The molecule has 3 rings (SSSR count). The Bertz CT molecular complexity index is 1250. The van der Waals surface area contributed by atoms with Gasteiger partial charge in [0.15, 0.2) is 4.90 Å². The summed E-state index contributed by atoms with van der Waals surface area (Å²) >= 11 is 5.82. The Morgan fingerprint density at radius 3 is 2.31 bits per heavy atom. The molecule has 1 amide bonds. The second-order valence-electron chi connectivity index (χ2n) is 6.42. The lowest BCUT2D eigenvalue weighted by atomic mass is 10.2. The Balaban J connectivity index is 1.88. The molecule has 0 heterocycles. The molecule has 0 aliphatic rings. The number of anilines is 1. The van der Waals surface area contributed by atoms with Crippen molar-refractivity contribution in [3.63, 3.8) is 0 Å². The average Bonchev–Trinajstić information content (AvgIpc) is 2.79. The summed E-state index contributed by atoms with van der Waals surface area (Å²) in [6.07, 6.45) is 1.37. The van der Waals surface area contributed by atoms with E-state index in [-0.39, 0.29) is 5.69 Å². The molecule has 0 atom stereocenters. The van der Waals surface area contributed by atoms with Crippen LogP contribution in [-0.2, 0) is 14.8 Å². The highest BCUT2D eigenvalue weighted by Gasteiger charge is 2.32. The van der Waals surface area contributed by atoms with Crippen LogP contribution in [-0.4, -0.2) is 32.0 Å². The highest BCUT2D eigenvalue weighted by molar-refractivity contribution is 7.93. The van der Waals surface area contributed by atoms with Crippen molar-refractivity contribution in [3.8, 4) is 0 Å². The summed E-state index contributed by atoms with van der Waals surface area (Å²) in [5.41, 5.74) is 2.51. The summed E-state index contributed by atoms with van der Waals surface area (Å²) in [5, 5.41) is 15.7. The van der Waals surface area contributed by atoms with Gasteiger partial charge in [0.25, 0.3) is 21.6 Å². The number of carbonyl (C=O) groups is 1. The number of carbonyl (C=O) groups excluding carboxylic acids is 1. The first-order valence-corrected chi connectivity index (χ1v) is 11.0. The molecule has 9 nitrogen and oxygen atoms in total. The van der Waals surface area contributed by atoms with Gasteiger partial charge in [0.1, 0.15) is 6.54 Å². The van der Waals surface area contributed by atoms with Crippen LogP contribution in [0.3, 0.4) is 0 Å². The van der Waals surface area contributed by atoms with Crippen molar-refractivity contribution < 1.29 is 18.1 Å². The van der Waals surface area contributed by atoms with Gasteiger partial charge in [0, 0.05) is 11.1 Å². The number of hydrogen-bond acceptors (Lipinski definition) is 6. The fourth-order valence-electron chi connectivity index (χ4n) is 2.75. The van der Waals surface area contributed by atoms with E-state index in [1.807, 2.05) is 0 Å². The standard InChI is InChI=1S/C21H17ClN4O5S/c22-17-12-10-16(11-13-17)14-23-24-21(27)15-25(18-6-2-1-3-7-18)32(30,31)20-9-5-4-8-19(20)26(28)29/h1-14H,15H2,(H,24,27)/b23-14-. The lowest BCUT2D eigenvalue weighted by molar-refractivity contribution is -0.387. The van der Waals surface area contributed by atoms with Crippen LogP contribution >= 0.6 is 11.6 Å². The molecule has 0 radical (unpaired) electrons. The Hall–Kier alpha value is -3.76. The second kappa shape index (κ2) is 10.0. The minimum Gasteiger partial charge on any atom is -0.271 e. The number of sulfonamides is 1. The zero-order chi connectivity index (χ0) is 23.1. The van der Waals surface area contributed by atoms with E-state index in [1.54, 1.807) is 42.5 Å². The summed E-state index contributed by atoms with van der Waals surface area (Å²) in [7, 11) is -4.44. The maximum atomic E-state index is 13.3. The Morgan fingerprint density at radius 2 is 1.66 bits per heavy atom. The van der Waals surface area contributed by atoms with Gasteiger partial charge in [-0.15, -0.1) is 0 Å². The van der Waals surface area contributed by atoms with Gasteiger partial charge in [-0.1, -0.05) is 54.1 Å². The molecule has 0 saturated carbocycles. The van der Waals surface area contributed by atoms with Crippen molar-refractivity contribution in [3.05, 3.63) is 99.6 Å². The minimum absolute atomic E-state index is 0.169. The van der Waals surface area contributed by atoms with Crippen LogP contribution in [0.2, 0.25) is 5.02 Å². The first-order valence-electron chi connectivity index (χ1n) is 9.18. The summed E-state index contributed by atoms with van der Waals surface area (Å²) in [6, 6.07) is 19.5. The third-order valence-electron chi connectivity index (χ3n) is 4.23. The molecule has 32 heavy (non-hydrogen) atoms. The third-order valence-corrected chi connectivity index (χ3v) is 6.31. The van der Waals surface area contributed by atoms with Gasteiger partial charge in [-0.3, -0.25) is 19.2 Å². The number of hydrazone groups is 1. The van der Waals surface area contributed by atoms with E-state index in [1.165, 1.54) is 30.5 Å². The van der Waals surface area contributed by atoms with E-state index in [0.29, 0.717) is 10.6 Å². The van der Waals surface area contributed by atoms with E-state index in [2.05, 4.69) is 10.5 Å². The summed E-state index contributed by atoms with van der Waals surface area (Å²) in [6.45, 7) is -0.643. The highest BCUT2D eigenvalue weighted by atomic mass is 35.5. The van der Waals surface area contributed by atoms with Crippen LogP contribution in [0.25, 0.3) is 0 Å². The molecule has 164 valence electrons. The smallest absolute Gasteiger partial charge is 0.271 e. The highest BCUT2D eigenvalue weighted by Crippen LogP contribution is 2.29. The number of benzene rings is 3. The van der Waals surface area contributed by atoms with E-state index in [0.717, 1.165) is 16.4 Å². The predicted octanol–water partition coefficient (Wildman–Crippen LogP) is 3.59. The van der Waals surface area contributed by atoms with Crippen LogP contribution in [0, 0.1) is 10.1 Å². The van der Waals surface area contributed by atoms with E-state index in [9.17, 15) is 23.3 Å². The number of halogens is 1. The summed E-state index contributed by atoms with van der Waals surface area (Å²) in [4.78, 5) is 22.5. The van der Waals surface area contributed by atoms with Gasteiger partial charge >= 0.3 is 0 Å². The van der Waals surface area contributed by atoms with E-state index in [4.69, 9.17) is 11.6 Å². The van der Waals surface area contributed by atoms with Crippen molar-refractivity contribution in [2.45, 2.75) is 4.90 Å². The molecule has 0 unspecified atom stereocenters. The number of nitrogens with one attached hydrogen (secondary N) is 1. The molecule has 1 N–H and O–H groups in total. The van der Waals surface area contributed by atoms with Crippen molar-refractivity contribution in [1.82, 2.24) is 5.43 Å². The molecule has 0 aliphatic carbocycles. The summed E-state index contributed by atoms with van der Waals surface area (Å²) < 4.78 is 27.4. The predicted molar refractivity (Wildman–Crippen MR) is 121 cm³/mol. The van der Waals surface area contributed by atoms with Gasteiger partial charge in [-0.05, 0) is 35.9 Å². The number of hydrogen-bond donors (Lipinski definition) is 1. The Kier molecular flexibility index (Phi) is 7.18. The SMILES string of the molecule is O=C(CN(c1ccccc1)S(=O)(=O)c1ccccc1[N+](=O)[O-])N/N=C\c1ccc(Cl)cc1. The molecule has 0 fully saturated rings. The lowest BCUT2D eigenvalue weighted by Gasteiger charge is -2.23. The van der Waals surface area contributed by atoms with Gasteiger partial charge in [0.05, 0.1) is 16.8 Å². The van der Waals surface area contributed by atoms with Gasteiger partial charge in [0.2, 0.25) is 0 Å². The topological polar surface area (TPSA) is 122 Å². The van der Waals surface area contributed by atoms with Crippen molar-refractivity contribution in [2.24, 2.45) is 5.10 Å². The number of nitrogens with zero attached hydrogens (tertiary/aromatic N) is 3. The van der Waals surface area contributed by atoms with Crippen LogP contribution in [0.4, 0.5) is 11.4 Å². The van der Waals surface area contributed by atoms with Crippen LogP contribution in [0.15, 0.2) is 88.9 Å². The maximum Gasteiger partial charge on any atom is 0.289 e. The van der Waals surface area contributed by atoms with Crippen LogP contribution in [0.5, 0.6) is 0 Å². The second-order valence-corrected chi connectivity index (χ2v) is 8.68. The third kappa shape index (κ3) is 5.48. The number of amides is 1. The minimum atomic E-state index is -4.44. The number of nitro groups is 1. The van der Waals surface area contributed by atoms with Gasteiger partial charge < -0.3 is 0 Å². The lowest BCUT2D eigenvalue weighted by Crippen LogP contribution is -2.39. The molecule has 3 aromatic rings.